The largest absolute Gasteiger partial charge is 0.293 e. The molecule has 2 aromatic rings. The number of halogens is 2. The number of amides is 2. The highest BCUT2D eigenvalue weighted by Gasteiger charge is 2.35. The van der Waals surface area contributed by atoms with Crippen LogP contribution in [-0.4, -0.2) is 16.0 Å². The molecular formula is C17H11ClFNO2S. The number of rotatable bonds is 3. The summed E-state index contributed by atoms with van der Waals surface area (Å²) in [5, 5.41) is 0.0740. The van der Waals surface area contributed by atoms with Crippen molar-refractivity contribution >= 4 is 40.6 Å². The molecule has 3 nitrogen and oxygen atoms in total. The maximum absolute atomic E-state index is 13.7. The average molecular weight is 348 g/mol. The monoisotopic (exact) mass is 347 g/mol. The van der Waals surface area contributed by atoms with Crippen molar-refractivity contribution in [2.24, 2.45) is 0 Å². The van der Waals surface area contributed by atoms with Crippen LogP contribution in [0.4, 0.5) is 9.18 Å². The zero-order chi connectivity index (χ0) is 16.4. The van der Waals surface area contributed by atoms with Crippen LogP contribution in [0.25, 0.3) is 6.08 Å². The lowest BCUT2D eigenvalue weighted by molar-refractivity contribution is -0.123. The number of carbonyl (C=O) groups excluding carboxylic acids is 2. The lowest BCUT2D eigenvalue weighted by Gasteiger charge is -2.12. The summed E-state index contributed by atoms with van der Waals surface area (Å²) in [7, 11) is 0. The molecule has 0 saturated carbocycles. The lowest BCUT2D eigenvalue weighted by Crippen LogP contribution is -2.27. The SMILES string of the molecule is O=C1SC(=Cc2ccccc2Cl)C(=O)N1Cc1ccccc1F. The zero-order valence-electron chi connectivity index (χ0n) is 11.8. The van der Waals surface area contributed by atoms with Gasteiger partial charge in [-0.3, -0.25) is 14.5 Å². The maximum Gasteiger partial charge on any atom is 0.293 e. The summed E-state index contributed by atoms with van der Waals surface area (Å²) < 4.78 is 13.7. The first-order chi connectivity index (χ1) is 11.1. The first kappa shape index (κ1) is 15.8. The molecule has 1 saturated heterocycles. The molecule has 1 heterocycles. The second-order valence-corrected chi connectivity index (χ2v) is 6.28. The third-order valence-corrected chi connectivity index (χ3v) is 4.60. The van der Waals surface area contributed by atoms with Crippen molar-refractivity contribution in [3.05, 3.63) is 75.4 Å². The third kappa shape index (κ3) is 3.30. The molecule has 0 spiro atoms. The third-order valence-electron chi connectivity index (χ3n) is 3.35. The predicted octanol–water partition coefficient (Wildman–Crippen LogP) is 4.72. The first-order valence-electron chi connectivity index (χ1n) is 6.79. The van der Waals surface area contributed by atoms with Crippen LogP contribution in [0.5, 0.6) is 0 Å². The zero-order valence-corrected chi connectivity index (χ0v) is 13.4. The van der Waals surface area contributed by atoms with Crippen molar-refractivity contribution in [1.29, 1.82) is 0 Å². The van der Waals surface area contributed by atoms with Crippen LogP contribution >= 0.6 is 23.4 Å². The van der Waals surface area contributed by atoms with Crippen LogP contribution < -0.4 is 0 Å². The van der Waals surface area contributed by atoms with E-state index in [0.717, 1.165) is 16.7 Å². The smallest absolute Gasteiger partial charge is 0.268 e. The van der Waals surface area contributed by atoms with Gasteiger partial charge < -0.3 is 0 Å². The molecular weight excluding hydrogens is 337 g/mol. The molecule has 0 atom stereocenters. The van der Waals surface area contributed by atoms with Crippen LogP contribution in [-0.2, 0) is 11.3 Å². The maximum atomic E-state index is 13.7. The summed E-state index contributed by atoms with van der Waals surface area (Å²) in [4.78, 5) is 25.8. The van der Waals surface area contributed by atoms with Crippen molar-refractivity contribution in [3.8, 4) is 0 Å². The normalized spacial score (nSPS) is 16.4. The van der Waals surface area contributed by atoms with Crippen molar-refractivity contribution in [2.75, 3.05) is 0 Å². The van der Waals surface area contributed by atoms with Gasteiger partial charge in [0.05, 0.1) is 11.4 Å². The minimum absolute atomic E-state index is 0.0861. The number of imide groups is 1. The number of hydrogen-bond acceptors (Lipinski definition) is 3. The molecule has 1 fully saturated rings. The fraction of sp³-hybridized carbons (Fsp3) is 0.0588. The highest BCUT2D eigenvalue weighted by Crippen LogP contribution is 2.34. The molecule has 2 aromatic carbocycles. The van der Waals surface area contributed by atoms with E-state index in [2.05, 4.69) is 0 Å². The molecule has 0 N–H and O–H groups in total. The Labute approximate surface area is 141 Å². The molecule has 6 heteroatoms. The number of thioether (sulfide) groups is 1. The average Bonchev–Trinajstić information content (AvgIpc) is 2.79. The Kier molecular flexibility index (Phi) is 4.50. The van der Waals surface area contributed by atoms with Crippen molar-refractivity contribution in [2.45, 2.75) is 6.54 Å². The van der Waals surface area contributed by atoms with Gasteiger partial charge >= 0.3 is 0 Å². The van der Waals surface area contributed by atoms with Crippen LogP contribution in [0.1, 0.15) is 11.1 Å². The topological polar surface area (TPSA) is 37.4 Å². The van der Waals surface area contributed by atoms with Crippen molar-refractivity contribution in [1.82, 2.24) is 4.90 Å². The van der Waals surface area contributed by atoms with E-state index in [4.69, 9.17) is 11.6 Å². The van der Waals surface area contributed by atoms with E-state index in [1.54, 1.807) is 48.5 Å². The minimum Gasteiger partial charge on any atom is -0.268 e. The highest BCUT2D eigenvalue weighted by molar-refractivity contribution is 8.18. The van der Waals surface area contributed by atoms with Crippen LogP contribution in [0, 0.1) is 5.82 Å². The second-order valence-electron chi connectivity index (χ2n) is 4.88. The van der Waals surface area contributed by atoms with Gasteiger partial charge in [-0.05, 0) is 35.5 Å². The van der Waals surface area contributed by atoms with Gasteiger partial charge in [0, 0.05) is 10.6 Å². The Morgan fingerprint density at radius 3 is 2.52 bits per heavy atom. The molecule has 1 aliphatic heterocycles. The fourth-order valence-electron chi connectivity index (χ4n) is 2.17. The molecule has 23 heavy (non-hydrogen) atoms. The minimum atomic E-state index is -0.443. The van der Waals surface area contributed by atoms with E-state index < -0.39 is 17.0 Å². The Morgan fingerprint density at radius 1 is 1.09 bits per heavy atom. The van der Waals surface area contributed by atoms with Gasteiger partial charge in [0.25, 0.3) is 11.1 Å². The summed E-state index contributed by atoms with van der Waals surface area (Å²) in [5.74, 6) is -0.884. The van der Waals surface area contributed by atoms with Gasteiger partial charge in [0.1, 0.15) is 5.82 Å². The first-order valence-corrected chi connectivity index (χ1v) is 7.99. The van der Waals surface area contributed by atoms with Crippen molar-refractivity contribution < 1.29 is 14.0 Å². The van der Waals surface area contributed by atoms with E-state index in [0.29, 0.717) is 16.1 Å². The van der Waals surface area contributed by atoms with Gasteiger partial charge in [-0.25, -0.2) is 4.39 Å². The van der Waals surface area contributed by atoms with Crippen LogP contribution in [0.15, 0.2) is 53.4 Å². The second kappa shape index (κ2) is 6.56. The van der Waals surface area contributed by atoms with Gasteiger partial charge in [0.15, 0.2) is 0 Å². The summed E-state index contributed by atoms with van der Waals surface area (Å²) in [5.41, 5.74) is 0.958. The Morgan fingerprint density at radius 2 is 1.78 bits per heavy atom. The number of benzene rings is 2. The molecule has 116 valence electrons. The van der Waals surface area contributed by atoms with Gasteiger partial charge in [-0.15, -0.1) is 0 Å². The lowest BCUT2D eigenvalue weighted by atomic mass is 10.2. The van der Waals surface area contributed by atoms with Gasteiger partial charge in [-0.2, -0.15) is 0 Å². The number of carbonyl (C=O) groups is 2. The molecule has 0 bridgehead atoms. The molecule has 0 unspecified atom stereocenters. The molecule has 0 aliphatic carbocycles. The summed E-state index contributed by atoms with van der Waals surface area (Å²) >= 11 is 6.89. The van der Waals surface area contributed by atoms with E-state index >= 15 is 0 Å². The quantitative estimate of drug-likeness (QED) is 0.754. The van der Waals surface area contributed by atoms with Crippen LogP contribution in [0.2, 0.25) is 5.02 Å². The van der Waals surface area contributed by atoms with Crippen LogP contribution in [0.3, 0.4) is 0 Å². The predicted molar refractivity (Wildman–Crippen MR) is 89.4 cm³/mol. The fourth-order valence-corrected chi connectivity index (χ4v) is 3.19. The molecule has 3 rings (SSSR count). The molecule has 0 aromatic heterocycles. The Balaban J connectivity index is 1.86. The van der Waals surface area contributed by atoms with E-state index in [1.165, 1.54) is 6.07 Å². The summed E-state index contributed by atoms with van der Waals surface area (Å²) in [6, 6.07) is 13.1. The number of hydrogen-bond donors (Lipinski definition) is 0. The highest BCUT2D eigenvalue weighted by atomic mass is 35.5. The number of nitrogens with zero attached hydrogens (tertiary/aromatic N) is 1. The molecule has 1 aliphatic rings. The molecule has 0 radical (unpaired) electrons. The summed E-state index contributed by atoms with van der Waals surface area (Å²) in [6.45, 7) is -0.0861. The Bertz CT molecular complexity index is 822. The Hall–Kier alpha value is -2.11. The van der Waals surface area contributed by atoms with Gasteiger partial charge in [0.2, 0.25) is 0 Å². The van der Waals surface area contributed by atoms with E-state index in [9.17, 15) is 14.0 Å². The van der Waals surface area contributed by atoms with Crippen molar-refractivity contribution in [3.63, 3.8) is 0 Å². The van der Waals surface area contributed by atoms with E-state index in [1.807, 2.05) is 0 Å². The van der Waals surface area contributed by atoms with E-state index in [-0.39, 0.29) is 11.4 Å². The molecule has 2 amide bonds. The summed E-state index contributed by atoms with van der Waals surface area (Å²) in [6.07, 6.45) is 1.58. The van der Waals surface area contributed by atoms with Gasteiger partial charge in [-0.1, -0.05) is 48.0 Å². The standard InChI is InChI=1S/C17H11ClFNO2S/c18-13-7-3-1-5-11(13)9-15-16(21)20(17(22)23-15)10-12-6-2-4-8-14(12)19/h1-9H,10H2.